The highest BCUT2D eigenvalue weighted by Crippen LogP contribution is 2.26. The maximum atomic E-state index is 13.7. The maximum absolute atomic E-state index is 13.7. The maximum Gasteiger partial charge on any atom is 0.490 e. The summed E-state index contributed by atoms with van der Waals surface area (Å²) in [6.45, 7) is 0. The Morgan fingerprint density at radius 2 is 1.81 bits per heavy atom. The monoisotopic (exact) mass is 447 g/mol. The van der Waals surface area contributed by atoms with E-state index in [0.29, 0.717) is 33.6 Å². The van der Waals surface area contributed by atoms with Crippen molar-refractivity contribution in [2.45, 2.75) is 6.18 Å². The number of aromatic nitrogens is 2. The number of carbonyl (C=O) groups excluding carboxylic acids is 1. The molecule has 7 nitrogen and oxygen atoms in total. The molecule has 0 aliphatic carbocycles. The van der Waals surface area contributed by atoms with Crippen LogP contribution in [0.3, 0.4) is 0 Å². The Kier molecular flexibility index (Phi) is 6.47. The number of fused-ring (bicyclic) bond motifs is 1. The average Bonchev–Trinajstić information content (AvgIpc) is 3.28. The van der Waals surface area contributed by atoms with Gasteiger partial charge in [0.25, 0.3) is 5.91 Å². The van der Waals surface area contributed by atoms with Crippen LogP contribution < -0.4 is 5.32 Å². The molecule has 3 aromatic heterocycles. The van der Waals surface area contributed by atoms with E-state index in [0.717, 1.165) is 0 Å². The lowest BCUT2D eigenvalue weighted by Gasteiger charge is -2.09. The van der Waals surface area contributed by atoms with Crippen LogP contribution in [-0.4, -0.2) is 33.1 Å². The summed E-state index contributed by atoms with van der Waals surface area (Å²) in [6.07, 6.45) is -0.404. The Morgan fingerprint density at radius 1 is 1.06 bits per heavy atom. The van der Waals surface area contributed by atoms with E-state index in [1.807, 2.05) is 0 Å². The molecule has 2 N–H and O–H groups in total. The van der Waals surface area contributed by atoms with Crippen molar-refractivity contribution in [3.63, 3.8) is 0 Å². The van der Waals surface area contributed by atoms with Gasteiger partial charge in [-0.3, -0.25) is 9.78 Å². The van der Waals surface area contributed by atoms with Gasteiger partial charge in [-0.1, -0.05) is 0 Å². The molecular formula is C21H13F4N3O4. The summed E-state index contributed by atoms with van der Waals surface area (Å²) in [6, 6.07) is 12.7. The number of hydrogen-bond acceptors (Lipinski definition) is 5. The first-order chi connectivity index (χ1) is 15.1. The largest absolute Gasteiger partial charge is 0.490 e. The number of nitrogens with one attached hydrogen (secondary N) is 1. The summed E-state index contributed by atoms with van der Waals surface area (Å²) in [4.78, 5) is 30.1. The van der Waals surface area contributed by atoms with E-state index in [9.17, 15) is 22.4 Å². The summed E-state index contributed by atoms with van der Waals surface area (Å²) in [5.74, 6) is -3.04. The van der Waals surface area contributed by atoms with Gasteiger partial charge in [0.15, 0.2) is 5.76 Å². The second kappa shape index (κ2) is 9.25. The van der Waals surface area contributed by atoms with Gasteiger partial charge in [0.2, 0.25) is 0 Å². The van der Waals surface area contributed by atoms with Crippen molar-refractivity contribution < 1.29 is 36.7 Å². The van der Waals surface area contributed by atoms with Crippen molar-refractivity contribution in [2.75, 3.05) is 5.32 Å². The number of carbonyl (C=O) groups is 2. The number of aliphatic carboxylic acids is 1. The predicted molar refractivity (Wildman–Crippen MR) is 105 cm³/mol. The predicted octanol–water partition coefficient (Wildman–Crippen LogP) is 4.91. The highest BCUT2D eigenvalue weighted by molar-refractivity contribution is 6.13. The van der Waals surface area contributed by atoms with Crippen molar-refractivity contribution in [1.82, 2.24) is 9.97 Å². The number of amides is 1. The number of pyridine rings is 2. The van der Waals surface area contributed by atoms with Crippen LogP contribution in [0.5, 0.6) is 0 Å². The van der Waals surface area contributed by atoms with Gasteiger partial charge < -0.3 is 14.8 Å². The quantitative estimate of drug-likeness (QED) is 0.432. The zero-order valence-corrected chi connectivity index (χ0v) is 15.9. The first-order valence-electron chi connectivity index (χ1n) is 8.81. The van der Waals surface area contributed by atoms with E-state index in [1.54, 1.807) is 36.5 Å². The molecule has 0 saturated carbocycles. The minimum atomic E-state index is -5.08. The lowest BCUT2D eigenvalue weighted by molar-refractivity contribution is -0.192. The number of nitrogens with zero attached hydrogens (tertiary/aromatic N) is 2. The second-order valence-corrected chi connectivity index (χ2v) is 6.19. The number of furan rings is 1. The van der Waals surface area contributed by atoms with E-state index in [2.05, 4.69) is 15.3 Å². The van der Waals surface area contributed by atoms with Crippen LogP contribution in [0, 0.1) is 5.82 Å². The molecule has 0 unspecified atom stereocenters. The van der Waals surface area contributed by atoms with Gasteiger partial charge in [-0.2, -0.15) is 13.2 Å². The zero-order valence-electron chi connectivity index (χ0n) is 15.9. The number of halogens is 4. The molecule has 1 amide bonds. The van der Waals surface area contributed by atoms with Gasteiger partial charge in [-0.05, 0) is 48.5 Å². The average molecular weight is 447 g/mol. The fraction of sp³-hybridized carbons (Fsp3) is 0.0476. The van der Waals surface area contributed by atoms with Gasteiger partial charge in [-0.15, -0.1) is 0 Å². The standard InChI is InChI=1S/C19H12FN3O2.C2HF3O2/c20-12-5-6-16-14(9-12)15(10-17(23-16)18-4-2-8-25-18)19(24)22-13-3-1-7-21-11-13;3-2(4,5)1(6)7/h1-11H,(H,22,24);(H,6,7). The van der Waals surface area contributed by atoms with Gasteiger partial charge in [-0.25, -0.2) is 14.2 Å². The number of carboxylic acids is 1. The summed E-state index contributed by atoms with van der Waals surface area (Å²) in [5, 5.41) is 10.3. The van der Waals surface area contributed by atoms with Crippen molar-refractivity contribution in [1.29, 1.82) is 0 Å². The Hall–Kier alpha value is -4.28. The molecule has 1 aromatic carbocycles. The first kappa shape index (κ1) is 22.4. The Balaban J connectivity index is 0.000000360. The molecule has 32 heavy (non-hydrogen) atoms. The van der Waals surface area contributed by atoms with Gasteiger partial charge >= 0.3 is 12.1 Å². The number of anilines is 1. The normalized spacial score (nSPS) is 10.9. The van der Waals surface area contributed by atoms with Crippen LogP contribution >= 0.6 is 0 Å². The highest BCUT2D eigenvalue weighted by Gasteiger charge is 2.38. The third-order valence-electron chi connectivity index (χ3n) is 3.95. The summed E-state index contributed by atoms with van der Waals surface area (Å²) >= 11 is 0. The molecule has 0 radical (unpaired) electrons. The molecule has 0 aliphatic rings. The van der Waals surface area contributed by atoms with Crippen molar-refractivity contribution in [3.05, 3.63) is 78.6 Å². The lowest BCUT2D eigenvalue weighted by atomic mass is 10.1. The van der Waals surface area contributed by atoms with E-state index in [4.69, 9.17) is 14.3 Å². The molecule has 11 heteroatoms. The van der Waals surface area contributed by atoms with E-state index in [1.165, 1.54) is 30.7 Å². The Bertz CT molecular complexity index is 1240. The smallest absolute Gasteiger partial charge is 0.475 e. The first-order valence-corrected chi connectivity index (χ1v) is 8.81. The van der Waals surface area contributed by atoms with Gasteiger partial charge in [0, 0.05) is 11.6 Å². The molecule has 4 aromatic rings. The fourth-order valence-corrected chi connectivity index (χ4v) is 2.57. The molecule has 0 aliphatic heterocycles. The van der Waals surface area contributed by atoms with E-state index in [-0.39, 0.29) is 5.91 Å². The SMILES string of the molecule is O=C(Nc1cccnc1)c1cc(-c2ccco2)nc2ccc(F)cc12.O=C(O)C(F)(F)F. The van der Waals surface area contributed by atoms with Crippen LogP contribution in [0.25, 0.3) is 22.4 Å². The lowest BCUT2D eigenvalue weighted by Crippen LogP contribution is -2.21. The highest BCUT2D eigenvalue weighted by atomic mass is 19.4. The third kappa shape index (κ3) is 5.45. The van der Waals surface area contributed by atoms with Crippen LogP contribution in [0.4, 0.5) is 23.2 Å². The number of carboxylic acid groups (broad SMARTS) is 1. The Morgan fingerprint density at radius 3 is 2.41 bits per heavy atom. The molecule has 4 rings (SSSR count). The summed E-state index contributed by atoms with van der Waals surface area (Å²) in [5.41, 5.74) is 1.86. The van der Waals surface area contributed by atoms with Crippen molar-refractivity contribution >= 4 is 28.5 Å². The van der Waals surface area contributed by atoms with Crippen LogP contribution in [0.2, 0.25) is 0 Å². The fourth-order valence-electron chi connectivity index (χ4n) is 2.57. The molecular weight excluding hydrogens is 434 g/mol. The topological polar surface area (TPSA) is 105 Å². The minimum absolute atomic E-state index is 0.305. The third-order valence-corrected chi connectivity index (χ3v) is 3.95. The number of hydrogen-bond donors (Lipinski definition) is 2. The van der Waals surface area contributed by atoms with Gasteiger partial charge in [0.05, 0.1) is 29.2 Å². The van der Waals surface area contributed by atoms with Crippen molar-refractivity contribution in [2.24, 2.45) is 0 Å². The molecule has 3 heterocycles. The molecule has 164 valence electrons. The van der Waals surface area contributed by atoms with Gasteiger partial charge in [0.1, 0.15) is 11.5 Å². The second-order valence-electron chi connectivity index (χ2n) is 6.19. The molecule has 0 spiro atoms. The number of rotatable bonds is 3. The number of benzene rings is 1. The minimum Gasteiger partial charge on any atom is -0.475 e. The van der Waals surface area contributed by atoms with Crippen molar-refractivity contribution in [3.8, 4) is 11.5 Å². The number of alkyl halides is 3. The summed E-state index contributed by atoms with van der Waals surface area (Å²) < 4.78 is 50.8. The van der Waals surface area contributed by atoms with Crippen LogP contribution in [0.1, 0.15) is 10.4 Å². The molecule has 0 fully saturated rings. The Labute approximate surface area is 177 Å². The van der Waals surface area contributed by atoms with E-state index < -0.39 is 18.0 Å². The van der Waals surface area contributed by atoms with Crippen LogP contribution in [-0.2, 0) is 4.79 Å². The molecule has 0 atom stereocenters. The summed E-state index contributed by atoms with van der Waals surface area (Å²) in [7, 11) is 0. The van der Waals surface area contributed by atoms with E-state index >= 15 is 0 Å². The van der Waals surface area contributed by atoms with Crippen LogP contribution in [0.15, 0.2) is 71.6 Å². The molecule has 0 bridgehead atoms. The molecule has 0 saturated heterocycles. The zero-order chi connectivity index (χ0) is 23.3.